The molecule has 1 aliphatic heterocycles. The lowest BCUT2D eigenvalue weighted by molar-refractivity contribution is -0.120. The highest BCUT2D eigenvalue weighted by molar-refractivity contribution is 6.34. The Labute approximate surface area is 113 Å². The van der Waals surface area contributed by atoms with Crippen molar-refractivity contribution in [1.82, 2.24) is 0 Å². The van der Waals surface area contributed by atoms with Gasteiger partial charge in [-0.1, -0.05) is 38.4 Å². The quantitative estimate of drug-likeness (QED) is 0.813. The summed E-state index contributed by atoms with van der Waals surface area (Å²) < 4.78 is 0. The van der Waals surface area contributed by atoms with Gasteiger partial charge in [0, 0.05) is 6.54 Å². The minimum absolute atomic E-state index is 0.0338. The minimum Gasteiger partial charge on any atom is -0.383 e. The molecule has 98 valence electrons. The maximum atomic E-state index is 12.2. The van der Waals surface area contributed by atoms with E-state index in [1.54, 1.807) is 6.07 Å². The van der Waals surface area contributed by atoms with Crippen molar-refractivity contribution in [2.75, 3.05) is 17.2 Å². The van der Waals surface area contributed by atoms with Gasteiger partial charge in [0.15, 0.2) is 0 Å². The van der Waals surface area contributed by atoms with E-state index in [0.717, 1.165) is 12.1 Å². The van der Waals surface area contributed by atoms with E-state index in [4.69, 9.17) is 11.6 Å². The maximum absolute atomic E-state index is 12.2. The number of anilines is 2. The first-order valence-electron chi connectivity index (χ1n) is 6.20. The van der Waals surface area contributed by atoms with Gasteiger partial charge in [-0.05, 0) is 24.0 Å². The molecule has 3 nitrogen and oxygen atoms in total. The molecule has 1 aliphatic rings. The molecule has 0 fully saturated rings. The lowest BCUT2D eigenvalue weighted by Crippen LogP contribution is -2.29. The van der Waals surface area contributed by atoms with E-state index in [-0.39, 0.29) is 17.2 Å². The Morgan fingerprint density at radius 3 is 2.78 bits per heavy atom. The number of nitrogens with one attached hydrogen (secondary N) is 2. The average Bonchev–Trinajstić information content (AvgIpc) is 2.39. The Kier molecular flexibility index (Phi) is 3.53. The zero-order valence-corrected chi connectivity index (χ0v) is 11.8. The maximum Gasteiger partial charge on any atom is 0.229 e. The average molecular weight is 267 g/mol. The van der Waals surface area contributed by atoms with Gasteiger partial charge in [-0.2, -0.15) is 0 Å². The Morgan fingerprint density at radius 2 is 2.11 bits per heavy atom. The van der Waals surface area contributed by atoms with E-state index >= 15 is 0 Å². The zero-order chi connectivity index (χ0) is 13.3. The molecule has 0 aliphatic carbocycles. The summed E-state index contributed by atoms with van der Waals surface area (Å²) >= 11 is 6.11. The van der Waals surface area contributed by atoms with Gasteiger partial charge < -0.3 is 10.6 Å². The SMILES string of the molecule is CC(C)(C)CC1CNc2cccc(Cl)c2NC1=O. The number of amides is 1. The van der Waals surface area contributed by atoms with Crippen LogP contribution in [0.25, 0.3) is 0 Å². The normalized spacial score (nSPS) is 19.6. The van der Waals surface area contributed by atoms with Crippen LogP contribution in [0.2, 0.25) is 5.02 Å². The van der Waals surface area contributed by atoms with Gasteiger partial charge in [-0.25, -0.2) is 0 Å². The molecule has 0 bridgehead atoms. The molecule has 18 heavy (non-hydrogen) atoms. The summed E-state index contributed by atoms with van der Waals surface area (Å²) in [6.45, 7) is 7.08. The van der Waals surface area contributed by atoms with E-state index < -0.39 is 0 Å². The predicted octanol–water partition coefficient (Wildman–Crippen LogP) is 3.76. The van der Waals surface area contributed by atoms with Crippen LogP contribution in [0.5, 0.6) is 0 Å². The van der Waals surface area contributed by atoms with Crippen molar-refractivity contribution in [3.05, 3.63) is 23.2 Å². The van der Waals surface area contributed by atoms with Crippen LogP contribution in [0.4, 0.5) is 11.4 Å². The van der Waals surface area contributed by atoms with Crippen LogP contribution >= 0.6 is 11.6 Å². The third-order valence-electron chi connectivity index (χ3n) is 3.03. The number of fused-ring (bicyclic) bond motifs is 1. The summed E-state index contributed by atoms with van der Waals surface area (Å²) in [5.41, 5.74) is 1.72. The lowest BCUT2D eigenvalue weighted by Gasteiger charge is -2.23. The Balaban J connectivity index is 2.22. The van der Waals surface area contributed by atoms with Gasteiger partial charge in [-0.3, -0.25) is 4.79 Å². The number of carbonyl (C=O) groups excluding carboxylic acids is 1. The predicted molar refractivity (Wildman–Crippen MR) is 76.1 cm³/mol. The molecular weight excluding hydrogens is 248 g/mol. The van der Waals surface area contributed by atoms with Crippen molar-refractivity contribution in [2.45, 2.75) is 27.2 Å². The molecule has 2 rings (SSSR count). The van der Waals surface area contributed by atoms with Crippen molar-refractivity contribution >= 4 is 28.9 Å². The van der Waals surface area contributed by atoms with Crippen molar-refractivity contribution < 1.29 is 4.79 Å². The van der Waals surface area contributed by atoms with Crippen LogP contribution in [-0.2, 0) is 4.79 Å². The number of para-hydroxylation sites is 1. The smallest absolute Gasteiger partial charge is 0.229 e. The van der Waals surface area contributed by atoms with E-state index in [9.17, 15) is 4.79 Å². The van der Waals surface area contributed by atoms with E-state index in [2.05, 4.69) is 31.4 Å². The number of halogens is 1. The fourth-order valence-electron chi connectivity index (χ4n) is 2.25. The highest BCUT2D eigenvalue weighted by atomic mass is 35.5. The summed E-state index contributed by atoms with van der Waals surface area (Å²) in [5, 5.41) is 6.81. The van der Waals surface area contributed by atoms with E-state index in [0.29, 0.717) is 17.3 Å². The van der Waals surface area contributed by atoms with Crippen LogP contribution in [0.3, 0.4) is 0 Å². The van der Waals surface area contributed by atoms with Crippen molar-refractivity contribution in [2.24, 2.45) is 11.3 Å². The van der Waals surface area contributed by atoms with Crippen LogP contribution < -0.4 is 10.6 Å². The number of rotatable bonds is 1. The fraction of sp³-hybridized carbons (Fsp3) is 0.500. The summed E-state index contributed by atoms with van der Waals surface area (Å²) in [5.74, 6) is 0.0118. The second-order valence-corrected chi connectivity index (χ2v) is 6.40. The second kappa shape index (κ2) is 4.81. The van der Waals surface area contributed by atoms with E-state index in [1.165, 1.54) is 0 Å². The first-order chi connectivity index (χ1) is 8.37. The Hall–Kier alpha value is -1.22. The molecule has 1 heterocycles. The van der Waals surface area contributed by atoms with Gasteiger partial charge in [0.25, 0.3) is 0 Å². The third kappa shape index (κ3) is 2.96. The van der Waals surface area contributed by atoms with Crippen LogP contribution in [-0.4, -0.2) is 12.5 Å². The molecule has 1 atom stereocenters. The molecule has 0 aromatic heterocycles. The minimum atomic E-state index is -0.0338. The van der Waals surface area contributed by atoms with Gasteiger partial charge in [0.05, 0.1) is 22.3 Å². The molecule has 1 unspecified atom stereocenters. The van der Waals surface area contributed by atoms with Crippen LogP contribution in [0.15, 0.2) is 18.2 Å². The highest BCUT2D eigenvalue weighted by Crippen LogP contribution is 2.34. The van der Waals surface area contributed by atoms with Crippen molar-refractivity contribution in [3.63, 3.8) is 0 Å². The van der Waals surface area contributed by atoms with Gasteiger partial charge in [0.1, 0.15) is 0 Å². The van der Waals surface area contributed by atoms with Crippen LogP contribution in [0, 0.1) is 11.3 Å². The molecule has 0 radical (unpaired) electrons. The summed E-state index contributed by atoms with van der Waals surface area (Å²) in [6.07, 6.45) is 0.845. The molecule has 0 saturated carbocycles. The summed E-state index contributed by atoms with van der Waals surface area (Å²) in [6, 6.07) is 5.60. The summed E-state index contributed by atoms with van der Waals surface area (Å²) in [7, 11) is 0. The number of hydrogen-bond acceptors (Lipinski definition) is 2. The number of hydrogen-bond donors (Lipinski definition) is 2. The largest absolute Gasteiger partial charge is 0.383 e. The highest BCUT2D eigenvalue weighted by Gasteiger charge is 2.28. The number of carbonyl (C=O) groups is 1. The van der Waals surface area contributed by atoms with E-state index in [1.807, 2.05) is 12.1 Å². The van der Waals surface area contributed by atoms with Gasteiger partial charge >= 0.3 is 0 Å². The molecule has 0 spiro atoms. The lowest BCUT2D eigenvalue weighted by atomic mass is 9.84. The standard InChI is InChI=1S/C14H19ClN2O/c1-14(2,3)7-9-8-16-11-6-4-5-10(15)12(11)17-13(9)18/h4-6,9,16H,7-8H2,1-3H3,(H,17,18). The summed E-state index contributed by atoms with van der Waals surface area (Å²) in [4.78, 5) is 12.2. The van der Waals surface area contributed by atoms with Gasteiger partial charge in [-0.15, -0.1) is 0 Å². The van der Waals surface area contributed by atoms with Crippen molar-refractivity contribution in [1.29, 1.82) is 0 Å². The molecule has 2 N–H and O–H groups in total. The number of benzene rings is 1. The molecule has 1 aromatic rings. The topological polar surface area (TPSA) is 41.1 Å². The molecule has 1 aromatic carbocycles. The zero-order valence-electron chi connectivity index (χ0n) is 11.0. The first kappa shape index (κ1) is 13.2. The molecule has 1 amide bonds. The Morgan fingerprint density at radius 1 is 1.39 bits per heavy atom. The Bertz CT molecular complexity index is 465. The molecular formula is C14H19ClN2O. The molecule has 0 saturated heterocycles. The van der Waals surface area contributed by atoms with Crippen LogP contribution in [0.1, 0.15) is 27.2 Å². The first-order valence-corrected chi connectivity index (χ1v) is 6.58. The fourth-order valence-corrected chi connectivity index (χ4v) is 2.48. The van der Waals surface area contributed by atoms with Gasteiger partial charge in [0.2, 0.25) is 5.91 Å². The second-order valence-electron chi connectivity index (χ2n) is 5.99. The monoisotopic (exact) mass is 266 g/mol. The molecule has 4 heteroatoms. The third-order valence-corrected chi connectivity index (χ3v) is 3.35. The van der Waals surface area contributed by atoms with Crippen molar-refractivity contribution in [3.8, 4) is 0 Å².